The third kappa shape index (κ3) is 5.39. The van der Waals surface area contributed by atoms with Crippen molar-refractivity contribution in [1.82, 2.24) is 15.8 Å². The van der Waals surface area contributed by atoms with Crippen molar-refractivity contribution in [3.63, 3.8) is 0 Å². The van der Waals surface area contributed by atoms with E-state index in [1.54, 1.807) is 30.3 Å². The summed E-state index contributed by atoms with van der Waals surface area (Å²) in [4.78, 5) is 28.0. The molecule has 1 aromatic heterocycles. The van der Waals surface area contributed by atoms with Crippen LogP contribution in [0, 0.1) is 0 Å². The van der Waals surface area contributed by atoms with Gasteiger partial charge in [-0.15, -0.1) is 0 Å². The van der Waals surface area contributed by atoms with Crippen LogP contribution in [0.2, 0.25) is 0 Å². The molecule has 29 heavy (non-hydrogen) atoms. The molecular weight excluding hydrogens is 460 g/mol. The monoisotopic (exact) mass is 474 g/mol. The number of sulfonamides is 1. The fourth-order valence-corrected chi connectivity index (χ4v) is 3.66. The van der Waals surface area contributed by atoms with Crippen molar-refractivity contribution >= 4 is 43.5 Å². The van der Waals surface area contributed by atoms with Crippen molar-refractivity contribution in [3.8, 4) is 0 Å². The summed E-state index contributed by atoms with van der Waals surface area (Å²) in [7, 11) is -3.90. The molecule has 0 saturated carbocycles. The molecule has 148 valence electrons. The second-order valence-electron chi connectivity index (χ2n) is 5.79. The number of amides is 2. The highest BCUT2D eigenvalue weighted by atomic mass is 79.9. The zero-order chi connectivity index (χ0) is 20.9. The smallest absolute Gasteiger partial charge is 0.271 e. The Bertz CT molecular complexity index is 1140. The molecule has 3 N–H and O–H groups in total. The molecule has 0 spiro atoms. The van der Waals surface area contributed by atoms with Crippen molar-refractivity contribution in [2.45, 2.75) is 4.90 Å². The lowest BCUT2D eigenvalue weighted by Crippen LogP contribution is -2.41. The molecule has 0 aliphatic heterocycles. The van der Waals surface area contributed by atoms with Crippen LogP contribution in [-0.2, 0) is 10.0 Å². The Labute approximate surface area is 175 Å². The quantitative estimate of drug-likeness (QED) is 0.491. The van der Waals surface area contributed by atoms with Crippen molar-refractivity contribution in [3.05, 3.63) is 88.7 Å². The second-order valence-corrected chi connectivity index (χ2v) is 8.39. The Balaban J connectivity index is 1.70. The minimum absolute atomic E-state index is 0.0650. The maximum Gasteiger partial charge on any atom is 0.271 e. The van der Waals surface area contributed by atoms with Gasteiger partial charge < -0.3 is 0 Å². The number of anilines is 1. The molecule has 10 heteroatoms. The zero-order valence-electron chi connectivity index (χ0n) is 14.8. The van der Waals surface area contributed by atoms with Gasteiger partial charge in [0.1, 0.15) is 0 Å². The fourth-order valence-electron chi connectivity index (χ4n) is 2.29. The third-order valence-electron chi connectivity index (χ3n) is 3.72. The van der Waals surface area contributed by atoms with E-state index in [0.717, 1.165) is 4.47 Å². The number of carbonyl (C=O) groups excluding carboxylic acids is 2. The predicted octanol–water partition coefficient (Wildman–Crippen LogP) is 2.72. The summed E-state index contributed by atoms with van der Waals surface area (Å²) >= 11 is 3.28. The van der Waals surface area contributed by atoms with E-state index in [4.69, 9.17) is 0 Å². The topological polar surface area (TPSA) is 117 Å². The molecule has 0 saturated heterocycles. The fraction of sp³-hybridized carbons (Fsp3) is 0. The van der Waals surface area contributed by atoms with E-state index in [2.05, 4.69) is 36.5 Å². The number of hydrogen-bond donors (Lipinski definition) is 3. The van der Waals surface area contributed by atoms with Crippen molar-refractivity contribution in [2.24, 2.45) is 0 Å². The number of hydrazine groups is 1. The first-order valence-corrected chi connectivity index (χ1v) is 10.5. The van der Waals surface area contributed by atoms with Crippen LogP contribution in [0.25, 0.3) is 0 Å². The molecule has 8 nitrogen and oxygen atoms in total. The molecule has 0 radical (unpaired) electrons. The summed E-state index contributed by atoms with van der Waals surface area (Å²) in [6, 6.07) is 15.2. The Hall–Kier alpha value is -3.24. The van der Waals surface area contributed by atoms with Crippen LogP contribution in [0.4, 0.5) is 5.69 Å². The van der Waals surface area contributed by atoms with Gasteiger partial charge in [-0.3, -0.25) is 30.1 Å². The van der Waals surface area contributed by atoms with Crippen LogP contribution in [0.5, 0.6) is 0 Å². The molecule has 2 aromatic carbocycles. The Kier molecular flexibility index (Phi) is 6.25. The molecule has 1 heterocycles. The summed E-state index contributed by atoms with van der Waals surface area (Å²) in [5.74, 6) is -1.21. The number of halogens is 1. The first kappa shape index (κ1) is 20.5. The van der Waals surface area contributed by atoms with Gasteiger partial charge in [0.15, 0.2) is 0 Å². The standard InChI is InChI=1S/C19H15BrN4O4S/c20-15-6-8-16(9-7-15)24-29(27,28)17-5-1-3-13(11-17)18(25)22-23-19(26)14-4-2-10-21-12-14/h1-12,24H,(H,22,25)(H,23,26). The zero-order valence-corrected chi connectivity index (χ0v) is 17.2. The highest BCUT2D eigenvalue weighted by molar-refractivity contribution is 9.10. The van der Waals surface area contributed by atoms with Crippen molar-refractivity contribution in [1.29, 1.82) is 0 Å². The lowest BCUT2D eigenvalue weighted by atomic mass is 10.2. The van der Waals surface area contributed by atoms with Gasteiger partial charge >= 0.3 is 0 Å². The van der Waals surface area contributed by atoms with E-state index in [9.17, 15) is 18.0 Å². The van der Waals surface area contributed by atoms with Crippen LogP contribution in [0.1, 0.15) is 20.7 Å². The minimum atomic E-state index is -3.90. The van der Waals surface area contributed by atoms with Gasteiger partial charge in [-0.25, -0.2) is 8.42 Å². The average molecular weight is 475 g/mol. The molecule has 0 unspecified atom stereocenters. The number of aromatic nitrogens is 1. The normalized spacial score (nSPS) is 10.8. The van der Waals surface area contributed by atoms with Crippen LogP contribution in [0.3, 0.4) is 0 Å². The number of pyridine rings is 1. The van der Waals surface area contributed by atoms with Crippen LogP contribution < -0.4 is 15.6 Å². The summed E-state index contributed by atoms with van der Waals surface area (Å²) in [5, 5.41) is 0. The molecule has 0 aliphatic carbocycles. The number of nitrogens with one attached hydrogen (secondary N) is 3. The summed E-state index contributed by atoms with van der Waals surface area (Å²) in [6.07, 6.45) is 2.87. The first-order chi connectivity index (χ1) is 13.8. The van der Waals surface area contributed by atoms with E-state index in [-0.39, 0.29) is 16.0 Å². The number of nitrogens with zero attached hydrogens (tertiary/aromatic N) is 1. The highest BCUT2D eigenvalue weighted by Crippen LogP contribution is 2.19. The predicted molar refractivity (Wildman–Crippen MR) is 111 cm³/mol. The van der Waals surface area contributed by atoms with E-state index in [0.29, 0.717) is 5.69 Å². The average Bonchev–Trinajstić information content (AvgIpc) is 2.74. The Morgan fingerprint density at radius 2 is 1.52 bits per heavy atom. The van der Waals surface area contributed by atoms with E-state index in [1.165, 1.54) is 42.7 Å². The molecular formula is C19H15BrN4O4S. The number of carbonyl (C=O) groups is 2. The van der Waals surface area contributed by atoms with Gasteiger partial charge in [0.2, 0.25) is 0 Å². The molecule has 3 rings (SSSR count). The first-order valence-electron chi connectivity index (χ1n) is 8.24. The second kappa shape index (κ2) is 8.84. The van der Waals surface area contributed by atoms with Gasteiger partial charge in [-0.05, 0) is 54.6 Å². The third-order valence-corrected chi connectivity index (χ3v) is 5.62. The molecule has 0 aliphatic rings. The maximum absolute atomic E-state index is 12.6. The lowest BCUT2D eigenvalue weighted by molar-refractivity contribution is 0.0846. The van der Waals surface area contributed by atoms with Gasteiger partial charge in [-0.1, -0.05) is 22.0 Å². The number of hydrogen-bond acceptors (Lipinski definition) is 5. The minimum Gasteiger partial charge on any atom is -0.280 e. The summed E-state index contributed by atoms with van der Waals surface area (Å²) in [5.41, 5.74) is 5.21. The van der Waals surface area contributed by atoms with Crippen LogP contribution in [-0.4, -0.2) is 25.2 Å². The molecule has 0 bridgehead atoms. The van der Waals surface area contributed by atoms with Crippen LogP contribution >= 0.6 is 15.9 Å². The van der Waals surface area contributed by atoms with Gasteiger partial charge in [0.25, 0.3) is 21.8 Å². The van der Waals surface area contributed by atoms with Gasteiger partial charge in [0.05, 0.1) is 10.5 Å². The van der Waals surface area contributed by atoms with Crippen LogP contribution in [0.15, 0.2) is 82.4 Å². The van der Waals surface area contributed by atoms with Gasteiger partial charge in [0, 0.05) is 28.1 Å². The maximum atomic E-state index is 12.6. The van der Waals surface area contributed by atoms with E-state index in [1.807, 2.05) is 0 Å². The summed E-state index contributed by atoms with van der Waals surface area (Å²) < 4.78 is 28.4. The lowest BCUT2D eigenvalue weighted by Gasteiger charge is -2.10. The SMILES string of the molecule is O=C(NNC(=O)c1cccc(S(=O)(=O)Nc2ccc(Br)cc2)c1)c1cccnc1. The molecule has 3 aromatic rings. The Morgan fingerprint density at radius 1 is 0.862 bits per heavy atom. The molecule has 2 amide bonds. The summed E-state index contributed by atoms with van der Waals surface area (Å²) in [6.45, 7) is 0. The molecule has 0 atom stereocenters. The largest absolute Gasteiger partial charge is 0.280 e. The van der Waals surface area contributed by atoms with Crippen molar-refractivity contribution in [2.75, 3.05) is 4.72 Å². The van der Waals surface area contributed by atoms with Crippen molar-refractivity contribution < 1.29 is 18.0 Å². The van der Waals surface area contributed by atoms with Gasteiger partial charge in [-0.2, -0.15) is 0 Å². The van der Waals surface area contributed by atoms with E-state index < -0.39 is 21.8 Å². The highest BCUT2D eigenvalue weighted by Gasteiger charge is 2.17. The Morgan fingerprint density at radius 3 is 2.17 bits per heavy atom. The molecule has 0 fully saturated rings. The van der Waals surface area contributed by atoms with E-state index >= 15 is 0 Å². The number of benzene rings is 2. The number of rotatable bonds is 5.